The maximum atomic E-state index is 6.19. The molecule has 0 saturated carbocycles. The van der Waals surface area contributed by atoms with Crippen LogP contribution in [0.25, 0.3) is 10.9 Å². The summed E-state index contributed by atoms with van der Waals surface area (Å²) in [6.07, 6.45) is 1.02. The van der Waals surface area contributed by atoms with Gasteiger partial charge in [-0.15, -0.1) is 0 Å². The Morgan fingerprint density at radius 2 is 1.66 bits per heavy atom. The molecule has 6 rings (SSSR count). The molecule has 0 aliphatic carbocycles. The van der Waals surface area contributed by atoms with Crippen LogP contribution in [-0.2, 0) is 22.3 Å². The van der Waals surface area contributed by atoms with E-state index in [0.717, 1.165) is 41.1 Å². The molecule has 196 valence electrons. The van der Waals surface area contributed by atoms with E-state index in [0.29, 0.717) is 6.61 Å². The van der Waals surface area contributed by atoms with E-state index in [1.807, 2.05) is 18.2 Å². The highest BCUT2D eigenvalue weighted by atomic mass is 16.7. The number of aromatic amines is 1. The van der Waals surface area contributed by atoms with Crippen molar-refractivity contribution in [3.05, 3.63) is 89.1 Å². The molecule has 38 heavy (non-hydrogen) atoms. The maximum absolute atomic E-state index is 6.19. The number of hydrogen-bond donors (Lipinski definition) is 2. The lowest BCUT2D eigenvalue weighted by molar-refractivity contribution is 0.00578. The fraction of sp³-hybridized carbons (Fsp3) is 0.355. The fourth-order valence-corrected chi connectivity index (χ4v) is 5.36. The Hall–Kier alpha value is -3.26. The van der Waals surface area contributed by atoms with Gasteiger partial charge in [-0.3, -0.25) is 0 Å². The van der Waals surface area contributed by atoms with Crippen molar-refractivity contribution in [1.82, 2.24) is 10.3 Å². The van der Waals surface area contributed by atoms with Crippen LogP contribution in [0, 0.1) is 0 Å². The van der Waals surface area contributed by atoms with E-state index in [1.54, 1.807) is 7.11 Å². The average molecular weight is 510 g/mol. The van der Waals surface area contributed by atoms with E-state index in [1.165, 1.54) is 22.2 Å². The highest BCUT2D eigenvalue weighted by molar-refractivity contribution is 6.62. The number of rotatable bonds is 6. The van der Waals surface area contributed by atoms with Gasteiger partial charge in [-0.25, -0.2) is 0 Å². The van der Waals surface area contributed by atoms with Crippen LogP contribution in [0.5, 0.6) is 11.5 Å². The molecule has 4 aromatic rings. The summed E-state index contributed by atoms with van der Waals surface area (Å²) in [5.41, 5.74) is 6.31. The summed E-state index contributed by atoms with van der Waals surface area (Å²) < 4.78 is 24.3. The van der Waals surface area contributed by atoms with Crippen LogP contribution in [0.15, 0.2) is 66.7 Å². The summed E-state index contributed by atoms with van der Waals surface area (Å²) >= 11 is 0. The molecule has 0 radical (unpaired) electrons. The minimum Gasteiger partial charge on any atom is -0.493 e. The average Bonchev–Trinajstić information content (AvgIpc) is 3.40. The standard InChI is InChI=1S/C31H35BN2O4/c1-30(2)31(3,4)38-32(37-30)22-13-10-20(11-14-22)19-36-26-15-12-21(18-27(26)35-5)28-29-24(16-17-33-28)23-8-6-7-9-25(23)34-29/h6-15,18,28,33-34H,16-17,19H2,1-5H3. The fourth-order valence-electron chi connectivity index (χ4n) is 5.36. The van der Waals surface area contributed by atoms with Crippen molar-refractivity contribution in [1.29, 1.82) is 0 Å². The van der Waals surface area contributed by atoms with Gasteiger partial charge in [0.2, 0.25) is 0 Å². The Kier molecular flexibility index (Phi) is 6.26. The van der Waals surface area contributed by atoms with Gasteiger partial charge < -0.3 is 29.1 Å². The Labute approximate surface area is 224 Å². The van der Waals surface area contributed by atoms with Crippen molar-refractivity contribution in [3.63, 3.8) is 0 Å². The quantitative estimate of drug-likeness (QED) is 0.345. The number of ether oxygens (including phenoxy) is 2. The largest absolute Gasteiger partial charge is 0.494 e. The molecule has 2 aliphatic rings. The van der Waals surface area contributed by atoms with Crippen molar-refractivity contribution in [2.24, 2.45) is 0 Å². The van der Waals surface area contributed by atoms with Gasteiger partial charge in [-0.1, -0.05) is 48.5 Å². The number of para-hydroxylation sites is 1. The minimum atomic E-state index is -0.367. The lowest BCUT2D eigenvalue weighted by Crippen LogP contribution is -2.41. The van der Waals surface area contributed by atoms with Gasteiger partial charge in [0.15, 0.2) is 11.5 Å². The summed E-state index contributed by atoms with van der Waals surface area (Å²) in [5, 5.41) is 4.98. The number of methoxy groups -OCH3 is 1. The van der Waals surface area contributed by atoms with Crippen LogP contribution in [-0.4, -0.2) is 37.0 Å². The Morgan fingerprint density at radius 3 is 2.39 bits per heavy atom. The molecule has 2 aliphatic heterocycles. The van der Waals surface area contributed by atoms with Crippen LogP contribution in [0.4, 0.5) is 0 Å². The molecule has 0 bridgehead atoms. The van der Waals surface area contributed by atoms with Gasteiger partial charge in [-0.2, -0.15) is 0 Å². The Balaban J connectivity index is 1.17. The molecule has 3 aromatic carbocycles. The third-order valence-corrected chi connectivity index (χ3v) is 8.28. The van der Waals surface area contributed by atoms with E-state index < -0.39 is 0 Å². The Bertz CT molecular complexity index is 1440. The summed E-state index contributed by atoms with van der Waals surface area (Å²) in [4.78, 5) is 3.64. The molecule has 1 aromatic heterocycles. The Morgan fingerprint density at radius 1 is 0.921 bits per heavy atom. The van der Waals surface area contributed by atoms with Crippen LogP contribution in [0.2, 0.25) is 0 Å². The molecule has 1 atom stereocenters. The number of benzene rings is 3. The first-order chi connectivity index (χ1) is 18.3. The number of nitrogens with one attached hydrogen (secondary N) is 2. The van der Waals surface area contributed by atoms with Crippen molar-refractivity contribution < 1.29 is 18.8 Å². The molecule has 0 amide bonds. The zero-order valence-corrected chi connectivity index (χ0v) is 22.8. The molecule has 0 spiro atoms. The summed E-state index contributed by atoms with van der Waals surface area (Å²) in [6.45, 7) is 9.64. The van der Waals surface area contributed by atoms with Gasteiger partial charge in [0.25, 0.3) is 0 Å². The molecule has 3 heterocycles. The van der Waals surface area contributed by atoms with E-state index >= 15 is 0 Å². The molecule has 7 heteroatoms. The first-order valence-corrected chi connectivity index (χ1v) is 13.3. The van der Waals surface area contributed by atoms with Gasteiger partial charge in [-0.05, 0) is 74.5 Å². The molecule has 2 N–H and O–H groups in total. The van der Waals surface area contributed by atoms with Crippen LogP contribution in [0.1, 0.15) is 56.1 Å². The van der Waals surface area contributed by atoms with Crippen LogP contribution >= 0.6 is 0 Å². The van der Waals surface area contributed by atoms with Crippen LogP contribution in [0.3, 0.4) is 0 Å². The van der Waals surface area contributed by atoms with Crippen molar-refractivity contribution in [2.45, 2.75) is 58.0 Å². The first-order valence-electron chi connectivity index (χ1n) is 13.3. The lowest BCUT2D eigenvalue weighted by Gasteiger charge is -2.32. The van der Waals surface area contributed by atoms with E-state index in [2.05, 4.69) is 86.5 Å². The smallest absolute Gasteiger partial charge is 0.493 e. The monoisotopic (exact) mass is 510 g/mol. The molecule has 1 unspecified atom stereocenters. The van der Waals surface area contributed by atoms with Gasteiger partial charge in [0.1, 0.15) is 6.61 Å². The van der Waals surface area contributed by atoms with E-state index in [-0.39, 0.29) is 24.4 Å². The third kappa shape index (κ3) is 4.39. The molecular formula is C31H35BN2O4. The zero-order valence-electron chi connectivity index (χ0n) is 22.8. The number of H-pyrrole nitrogens is 1. The van der Waals surface area contributed by atoms with Crippen molar-refractivity contribution >= 4 is 23.5 Å². The lowest BCUT2D eigenvalue weighted by atomic mass is 9.79. The van der Waals surface area contributed by atoms with Gasteiger partial charge in [0, 0.05) is 23.1 Å². The molecular weight excluding hydrogens is 475 g/mol. The predicted octanol–water partition coefficient (Wildman–Crippen LogP) is 5.29. The summed E-state index contributed by atoms with van der Waals surface area (Å²) in [5.74, 6) is 1.44. The molecule has 6 nitrogen and oxygen atoms in total. The van der Waals surface area contributed by atoms with Crippen LogP contribution < -0.4 is 20.3 Å². The predicted molar refractivity (Wildman–Crippen MR) is 151 cm³/mol. The molecule has 1 saturated heterocycles. The maximum Gasteiger partial charge on any atom is 0.494 e. The van der Waals surface area contributed by atoms with E-state index in [4.69, 9.17) is 18.8 Å². The first kappa shape index (κ1) is 25.0. The highest BCUT2D eigenvalue weighted by Gasteiger charge is 2.51. The van der Waals surface area contributed by atoms with Gasteiger partial charge >= 0.3 is 7.12 Å². The SMILES string of the molecule is COc1cc(C2NCCc3c2[nH]c2ccccc32)ccc1OCc1ccc(B2OC(C)(C)C(C)(C)O2)cc1. The van der Waals surface area contributed by atoms with Crippen molar-refractivity contribution in [2.75, 3.05) is 13.7 Å². The van der Waals surface area contributed by atoms with Gasteiger partial charge in [0.05, 0.1) is 24.4 Å². The zero-order chi connectivity index (χ0) is 26.5. The second-order valence-electron chi connectivity index (χ2n) is 11.2. The normalized spacial score (nSPS) is 19.9. The second kappa shape index (κ2) is 9.49. The second-order valence-corrected chi connectivity index (χ2v) is 11.2. The number of hydrogen-bond acceptors (Lipinski definition) is 5. The summed E-state index contributed by atoms with van der Waals surface area (Å²) in [7, 11) is 1.32. The van der Waals surface area contributed by atoms with Crippen molar-refractivity contribution in [3.8, 4) is 11.5 Å². The molecule has 1 fully saturated rings. The number of fused-ring (bicyclic) bond motifs is 3. The topological polar surface area (TPSA) is 64.7 Å². The third-order valence-electron chi connectivity index (χ3n) is 8.28. The highest BCUT2D eigenvalue weighted by Crippen LogP contribution is 2.38. The minimum absolute atomic E-state index is 0.0802. The number of aromatic nitrogens is 1. The summed E-state index contributed by atoms with van der Waals surface area (Å²) in [6, 6.07) is 23.0. The van der Waals surface area contributed by atoms with E-state index in [9.17, 15) is 0 Å².